The van der Waals surface area contributed by atoms with E-state index >= 15 is 0 Å². The molecule has 0 bridgehead atoms. The highest BCUT2D eigenvalue weighted by Crippen LogP contribution is 2.38. The fraction of sp³-hybridized carbons (Fsp3) is 0.400. The van der Waals surface area contributed by atoms with Crippen molar-refractivity contribution in [3.8, 4) is 0 Å². The second-order valence-corrected chi connectivity index (χ2v) is 7.45. The molecular formula is C20H22ClN3O2. The van der Waals surface area contributed by atoms with Crippen LogP contribution in [0.4, 0.5) is 11.5 Å². The van der Waals surface area contributed by atoms with Gasteiger partial charge in [0.2, 0.25) is 0 Å². The van der Waals surface area contributed by atoms with Crippen molar-refractivity contribution in [1.82, 2.24) is 4.98 Å². The molecule has 2 atom stereocenters. The summed E-state index contributed by atoms with van der Waals surface area (Å²) in [5.74, 6) is 1.35. The van der Waals surface area contributed by atoms with E-state index < -0.39 is 0 Å². The molecule has 1 aromatic carbocycles. The van der Waals surface area contributed by atoms with Crippen molar-refractivity contribution < 1.29 is 9.53 Å². The Morgan fingerprint density at radius 1 is 1.19 bits per heavy atom. The van der Waals surface area contributed by atoms with E-state index in [9.17, 15) is 4.79 Å². The van der Waals surface area contributed by atoms with E-state index in [0.29, 0.717) is 28.4 Å². The van der Waals surface area contributed by atoms with Crippen LogP contribution in [0.15, 0.2) is 42.6 Å². The first-order chi connectivity index (χ1) is 12.7. The van der Waals surface area contributed by atoms with E-state index in [4.69, 9.17) is 16.3 Å². The van der Waals surface area contributed by atoms with E-state index in [-0.39, 0.29) is 5.91 Å². The van der Waals surface area contributed by atoms with E-state index in [1.54, 1.807) is 36.5 Å². The zero-order chi connectivity index (χ0) is 17.9. The zero-order valence-corrected chi connectivity index (χ0v) is 15.2. The Morgan fingerprint density at radius 3 is 2.81 bits per heavy atom. The lowest BCUT2D eigenvalue weighted by Gasteiger charge is -2.30. The molecule has 5 nitrogen and oxygen atoms in total. The Morgan fingerprint density at radius 2 is 2.08 bits per heavy atom. The van der Waals surface area contributed by atoms with E-state index in [2.05, 4.69) is 15.6 Å². The number of nitrogens with one attached hydrogen (secondary N) is 2. The van der Waals surface area contributed by atoms with Gasteiger partial charge in [-0.05, 0) is 61.9 Å². The van der Waals surface area contributed by atoms with Gasteiger partial charge >= 0.3 is 0 Å². The van der Waals surface area contributed by atoms with Gasteiger partial charge in [0.15, 0.2) is 0 Å². The van der Waals surface area contributed by atoms with Gasteiger partial charge in [-0.2, -0.15) is 0 Å². The first-order valence-electron chi connectivity index (χ1n) is 9.08. The summed E-state index contributed by atoms with van der Waals surface area (Å²) in [6.45, 7) is 0.805. The predicted molar refractivity (Wildman–Crippen MR) is 103 cm³/mol. The lowest BCUT2D eigenvalue weighted by Crippen LogP contribution is -2.35. The van der Waals surface area contributed by atoms with Crippen LogP contribution < -0.4 is 10.6 Å². The van der Waals surface area contributed by atoms with Gasteiger partial charge in [-0.15, -0.1) is 0 Å². The van der Waals surface area contributed by atoms with Gasteiger partial charge in [0.25, 0.3) is 5.91 Å². The number of rotatable bonds is 5. The van der Waals surface area contributed by atoms with Crippen molar-refractivity contribution in [2.24, 2.45) is 5.92 Å². The van der Waals surface area contributed by atoms with Crippen LogP contribution in [-0.4, -0.2) is 29.6 Å². The quantitative estimate of drug-likeness (QED) is 0.819. The Kier molecular flexibility index (Phi) is 5.09. The molecule has 4 rings (SSSR count). The second-order valence-electron chi connectivity index (χ2n) is 7.01. The summed E-state index contributed by atoms with van der Waals surface area (Å²) in [7, 11) is 0. The number of halogens is 1. The minimum Gasteiger partial charge on any atom is -0.378 e. The smallest absolute Gasteiger partial charge is 0.257 e. The van der Waals surface area contributed by atoms with E-state index in [1.165, 1.54) is 12.8 Å². The van der Waals surface area contributed by atoms with Crippen LogP contribution in [0.1, 0.15) is 36.0 Å². The average Bonchev–Trinajstić information content (AvgIpc) is 3.48. The molecule has 1 saturated carbocycles. The molecule has 1 aromatic heterocycles. The zero-order valence-electron chi connectivity index (χ0n) is 14.5. The van der Waals surface area contributed by atoms with Gasteiger partial charge in [-0.3, -0.25) is 4.79 Å². The Bertz CT molecular complexity index is 777. The lowest BCUT2D eigenvalue weighted by atomic mass is 10.00. The van der Waals surface area contributed by atoms with Crippen molar-refractivity contribution in [2.45, 2.75) is 37.8 Å². The number of carbonyl (C=O) groups excluding carboxylic acids is 1. The van der Waals surface area contributed by atoms with Crippen LogP contribution >= 0.6 is 11.6 Å². The summed E-state index contributed by atoms with van der Waals surface area (Å²) in [4.78, 5) is 16.7. The molecule has 26 heavy (non-hydrogen) atoms. The first kappa shape index (κ1) is 17.3. The highest BCUT2D eigenvalue weighted by Gasteiger charge is 2.35. The van der Waals surface area contributed by atoms with Crippen molar-refractivity contribution in [3.63, 3.8) is 0 Å². The summed E-state index contributed by atoms with van der Waals surface area (Å²) in [6, 6.07) is 11.1. The monoisotopic (exact) mass is 371 g/mol. The highest BCUT2D eigenvalue weighted by molar-refractivity contribution is 6.30. The molecule has 2 fully saturated rings. The Balaban J connectivity index is 1.34. The number of benzene rings is 1. The normalized spacial score (nSPS) is 22.7. The maximum Gasteiger partial charge on any atom is 0.257 e. The van der Waals surface area contributed by atoms with Gasteiger partial charge in [0.05, 0.1) is 11.7 Å². The first-order valence-corrected chi connectivity index (χ1v) is 9.46. The molecule has 1 amide bonds. The van der Waals surface area contributed by atoms with Crippen LogP contribution in [0.25, 0.3) is 0 Å². The molecular weight excluding hydrogens is 350 g/mol. The summed E-state index contributed by atoms with van der Waals surface area (Å²) >= 11 is 5.94. The number of ether oxygens (including phenoxy) is 1. The standard InChI is InChI=1S/C20H22ClN3O2/c21-15-2-1-3-16(10-15)24-20(25)14-6-7-19(22-12-14)23-17-8-9-26-18(11-17)13-4-5-13/h1-3,6-7,10,12-13,17-18H,4-5,8-9,11H2,(H,22,23)(H,24,25). The number of nitrogens with zero attached hydrogens (tertiary/aromatic N) is 1. The molecule has 2 aromatic rings. The number of hydrogen-bond donors (Lipinski definition) is 2. The third-order valence-corrected chi connectivity index (χ3v) is 5.16. The minimum absolute atomic E-state index is 0.203. The molecule has 2 N–H and O–H groups in total. The fourth-order valence-electron chi connectivity index (χ4n) is 3.35. The van der Waals surface area contributed by atoms with Crippen molar-refractivity contribution in [3.05, 3.63) is 53.2 Å². The maximum absolute atomic E-state index is 12.3. The number of pyridine rings is 1. The van der Waals surface area contributed by atoms with Gasteiger partial charge in [-0.1, -0.05) is 17.7 Å². The fourth-order valence-corrected chi connectivity index (χ4v) is 3.54. The van der Waals surface area contributed by atoms with Gasteiger partial charge in [0, 0.05) is 29.6 Å². The molecule has 2 unspecified atom stereocenters. The number of anilines is 2. The third kappa shape index (κ3) is 4.34. The van der Waals surface area contributed by atoms with Crippen molar-refractivity contribution >= 4 is 29.0 Å². The molecule has 0 radical (unpaired) electrons. The Hall–Kier alpha value is -2.11. The second kappa shape index (κ2) is 7.64. The molecule has 1 saturated heterocycles. The number of aromatic nitrogens is 1. The minimum atomic E-state index is -0.203. The van der Waals surface area contributed by atoms with Crippen LogP contribution in [0, 0.1) is 5.92 Å². The van der Waals surface area contributed by atoms with Crippen LogP contribution in [-0.2, 0) is 4.74 Å². The summed E-state index contributed by atoms with van der Waals surface area (Å²) < 4.78 is 5.86. The maximum atomic E-state index is 12.3. The summed E-state index contributed by atoms with van der Waals surface area (Å²) in [6.07, 6.45) is 6.60. The average molecular weight is 372 g/mol. The number of amides is 1. The van der Waals surface area contributed by atoms with Gasteiger partial charge < -0.3 is 15.4 Å². The largest absolute Gasteiger partial charge is 0.378 e. The SMILES string of the molecule is O=C(Nc1cccc(Cl)c1)c1ccc(NC2CCOC(C3CC3)C2)nc1. The van der Waals surface area contributed by atoms with Crippen LogP contribution in [0.2, 0.25) is 5.02 Å². The van der Waals surface area contributed by atoms with Gasteiger partial charge in [-0.25, -0.2) is 4.98 Å². The lowest BCUT2D eigenvalue weighted by molar-refractivity contribution is -0.00223. The molecule has 2 aliphatic rings. The molecule has 136 valence electrons. The number of hydrogen-bond acceptors (Lipinski definition) is 4. The molecule has 6 heteroatoms. The predicted octanol–water partition coefficient (Wildman–Crippen LogP) is 4.36. The van der Waals surface area contributed by atoms with E-state index in [1.807, 2.05) is 6.07 Å². The Labute approximate surface area is 158 Å². The van der Waals surface area contributed by atoms with Crippen LogP contribution in [0.3, 0.4) is 0 Å². The van der Waals surface area contributed by atoms with Crippen LogP contribution in [0.5, 0.6) is 0 Å². The summed E-state index contributed by atoms with van der Waals surface area (Å²) in [5, 5.41) is 6.89. The third-order valence-electron chi connectivity index (χ3n) is 4.92. The topological polar surface area (TPSA) is 63.2 Å². The van der Waals surface area contributed by atoms with Crippen molar-refractivity contribution in [1.29, 1.82) is 0 Å². The van der Waals surface area contributed by atoms with Crippen molar-refractivity contribution in [2.75, 3.05) is 17.2 Å². The highest BCUT2D eigenvalue weighted by atomic mass is 35.5. The molecule has 2 heterocycles. The molecule has 0 spiro atoms. The summed E-state index contributed by atoms with van der Waals surface area (Å²) in [5.41, 5.74) is 1.18. The van der Waals surface area contributed by atoms with E-state index in [0.717, 1.165) is 31.2 Å². The molecule has 1 aliphatic heterocycles. The molecule has 1 aliphatic carbocycles. The number of carbonyl (C=O) groups is 1. The van der Waals surface area contributed by atoms with Gasteiger partial charge in [0.1, 0.15) is 5.82 Å².